The Hall–Kier alpha value is -1.12. The lowest BCUT2D eigenvalue weighted by atomic mass is 10.1. The predicted octanol–water partition coefficient (Wildman–Crippen LogP) is 4.35. The molecule has 0 amide bonds. The molecule has 0 radical (unpaired) electrons. The van der Waals surface area contributed by atoms with Gasteiger partial charge in [0.25, 0.3) is 0 Å². The molecule has 0 saturated heterocycles. The lowest BCUT2D eigenvalue weighted by Gasteiger charge is -2.06. The monoisotopic (exact) mass is 227 g/mol. The predicted molar refractivity (Wildman–Crippen MR) is 63.6 cm³/mol. The van der Waals surface area contributed by atoms with Crippen LogP contribution in [0.2, 0.25) is 0 Å². The first-order chi connectivity index (χ1) is 7.74. The molecule has 1 aromatic rings. The summed E-state index contributed by atoms with van der Waals surface area (Å²) in [5.74, 6) is -1.59. The zero-order valence-electron chi connectivity index (χ0n) is 9.73. The molecule has 0 heterocycles. The molecule has 0 aliphatic rings. The minimum Gasteiger partial charge on any atom is -0.385 e. The smallest absolute Gasteiger partial charge is 0.160 e. The van der Waals surface area contributed by atoms with Crippen LogP contribution in [0, 0.1) is 11.6 Å². The molecule has 0 unspecified atom stereocenters. The number of halogens is 2. The van der Waals surface area contributed by atoms with E-state index in [0.717, 1.165) is 19.0 Å². The minimum absolute atomic E-state index is 0.648. The average Bonchev–Trinajstić information content (AvgIpc) is 2.28. The fourth-order valence-electron chi connectivity index (χ4n) is 1.57. The Morgan fingerprint density at radius 2 is 1.75 bits per heavy atom. The third kappa shape index (κ3) is 4.60. The van der Waals surface area contributed by atoms with Crippen molar-refractivity contribution in [3.63, 3.8) is 0 Å². The van der Waals surface area contributed by atoms with Crippen LogP contribution >= 0.6 is 0 Å². The molecule has 3 heteroatoms. The first-order valence-electron chi connectivity index (χ1n) is 5.93. The Morgan fingerprint density at radius 3 is 2.44 bits per heavy atom. The van der Waals surface area contributed by atoms with Crippen LogP contribution in [-0.2, 0) is 0 Å². The Morgan fingerprint density at radius 1 is 1.00 bits per heavy atom. The molecule has 0 bridgehead atoms. The van der Waals surface area contributed by atoms with Crippen molar-refractivity contribution in [2.75, 3.05) is 11.9 Å². The number of hydrogen-bond donors (Lipinski definition) is 1. The Balaban J connectivity index is 2.19. The van der Waals surface area contributed by atoms with E-state index in [1.165, 1.54) is 31.7 Å². The number of hydrogen-bond acceptors (Lipinski definition) is 1. The highest BCUT2D eigenvalue weighted by Gasteiger charge is 2.01. The normalized spacial score (nSPS) is 10.4. The van der Waals surface area contributed by atoms with Crippen molar-refractivity contribution in [3.05, 3.63) is 29.8 Å². The molecule has 0 saturated carbocycles. The van der Waals surface area contributed by atoms with Crippen LogP contribution in [-0.4, -0.2) is 6.54 Å². The molecular weight excluding hydrogens is 208 g/mol. The summed E-state index contributed by atoms with van der Waals surface area (Å²) in [5, 5.41) is 3.08. The summed E-state index contributed by atoms with van der Waals surface area (Å²) < 4.78 is 25.5. The summed E-state index contributed by atoms with van der Waals surface area (Å²) in [4.78, 5) is 0. The third-order valence-corrected chi connectivity index (χ3v) is 2.53. The van der Waals surface area contributed by atoms with Gasteiger partial charge in [0.2, 0.25) is 0 Å². The van der Waals surface area contributed by atoms with E-state index in [-0.39, 0.29) is 0 Å². The summed E-state index contributed by atoms with van der Waals surface area (Å²) in [7, 11) is 0. The zero-order valence-corrected chi connectivity index (χ0v) is 9.73. The molecule has 1 N–H and O–H groups in total. The van der Waals surface area contributed by atoms with E-state index >= 15 is 0 Å². The van der Waals surface area contributed by atoms with E-state index in [4.69, 9.17) is 0 Å². The number of anilines is 1. The van der Waals surface area contributed by atoms with Crippen LogP contribution in [0.25, 0.3) is 0 Å². The first kappa shape index (κ1) is 12.9. The van der Waals surface area contributed by atoms with Gasteiger partial charge in [0.15, 0.2) is 11.6 Å². The van der Waals surface area contributed by atoms with Crippen molar-refractivity contribution in [1.29, 1.82) is 0 Å². The fourth-order valence-corrected chi connectivity index (χ4v) is 1.57. The lowest BCUT2D eigenvalue weighted by Crippen LogP contribution is -2.02. The SMILES string of the molecule is CCCCCCCNc1ccc(F)c(F)c1. The van der Waals surface area contributed by atoms with E-state index in [1.54, 1.807) is 6.07 Å². The van der Waals surface area contributed by atoms with E-state index in [2.05, 4.69) is 12.2 Å². The highest BCUT2D eigenvalue weighted by molar-refractivity contribution is 5.43. The molecule has 0 aromatic heterocycles. The van der Waals surface area contributed by atoms with Crippen LogP contribution in [0.4, 0.5) is 14.5 Å². The van der Waals surface area contributed by atoms with E-state index < -0.39 is 11.6 Å². The number of rotatable bonds is 7. The maximum absolute atomic E-state index is 12.8. The number of unbranched alkanes of at least 4 members (excludes halogenated alkanes) is 4. The molecule has 0 aliphatic carbocycles. The van der Waals surface area contributed by atoms with Crippen molar-refractivity contribution < 1.29 is 8.78 Å². The standard InChI is InChI=1S/C13H19F2N/c1-2-3-4-5-6-9-16-11-7-8-12(14)13(15)10-11/h7-8,10,16H,2-6,9H2,1H3. The molecule has 0 spiro atoms. The topological polar surface area (TPSA) is 12.0 Å². The van der Waals surface area contributed by atoms with Gasteiger partial charge in [-0.25, -0.2) is 8.78 Å². The van der Waals surface area contributed by atoms with Crippen molar-refractivity contribution >= 4 is 5.69 Å². The van der Waals surface area contributed by atoms with Crippen molar-refractivity contribution in [1.82, 2.24) is 0 Å². The second-order valence-electron chi connectivity index (χ2n) is 3.97. The van der Waals surface area contributed by atoms with E-state index in [1.807, 2.05) is 0 Å². The lowest BCUT2D eigenvalue weighted by molar-refractivity contribution is 0.509. The van der Waals surface area contributed by atoms with Gasteiger partial charge in [-0.15, -0.1) is 0 Å². The molecular formula is C13H19F2N. The fraction of sp³-hybridized carbons (Fsp3) is 0.538. The quantitative estimate of drug-likeness (QED) is 0.683. The highest BCUT2D eigenvalue weighted by Crippen LogP contribution is 2.13. The second kappa shape index (κ2) is 7.20. The molecule has 0 fully saturated rings. The molecule has 16 heavy (non-hydrogen) atoms. The van der Waals surface area contributed by atoms with Crippen LogP contribution in [0.15, 0.2) is 18.2 Å². The van der Waals surface area contributed by atoms with E-state index in [0.29, 0.717) is 5.69 Å². The number of benzene rings is 1. The third-order valence-electron chi connectivity index (χ3n) is 2.53. The molecule has 1 rings (SSSR count). The summed E-state index contributed by atoms with van der Waals surface area (Å²) >= 11 is 0. The van der Waals surface area contributed by atoms with Gasteiger partial charge >= 0.3 is 0 Å². The minimum atomic E-state index is -0.798. The maximum Gasteiger partial charge on any atom is 0.160 e. The molecule has 90 valence electrons. The van der Waals surface area contributed by atoms with Gasteiger partial charge < -0.3 is 5.32 Å². The Labute approximate surface area is 95.9 Å². The number of nitrogens with one attached hydrogen (secondary N) is 1. The molecule has 1 nitrogen and oxygen atoms in total. The molecule has 0 atom stereocenters. The largest absolute Gasteiger partial charge is 0.385 e. The summed E-state index contributed by atoms with van der Waals surface area (Å²) in [6.45, 7) is 2.99. The Bertz CT molecular complexity index is 313. The summed E-state index contributed by atoms with van der Waals surface area (Å²) in [6.07, 6.45) is 6.00. The van der Waals surface area contributed by atoms with Crippen LogP contribution in [0.3, 0.4) is 0 Å². The van der Waals surface area contributed by atoms with Crippen LogP contribution in [0.1, 0.15) is 39.0 Å². The highest BCUT2D eigenvalue weighted by atomic mass is 19.2. The zero-order chi connectivity index (χ0) is 11.8. The van der Waals surface area contributed by atoms with Gasteiger partial charge in [-0.3, -0.25) is 0 Å². The maximum atomic E-state index is 12.8. The van der Waals surface area contributed by atoms with Crippen LogP contribution in [0.5, 0.6) is 0 Å². The molecule has 0 aliphatic heterocycles. The van der Waals surface area contributed by atoms with Crippen molar-refractivity contribution in [2.45, 2.75) is 39.0 Å². The van der Waals surface area contributed by atoms with Crippen molar-refractivity contribution in [2.24, 2.45) is 0 Å². The van der Waals surface area contributed by atoms with Gasteiger partial charge in [-0.1, -0.05) is 32.6 Å². The van der Waals surface area contributed by atoms with E-state index in [9.17, 15) is 8.78 Å². The van der Waals surface area contributed by atoms with Gasteiger partial charge in [0, 0.05) is 12.2 Å². The second-order valence-corrected chi connectivity index (χ2v) is 3.97. The van der Waals surface area contributed by atoms with Crippen molar-refractivity contribution in [3.8, 4) is 0 Å². The average molecular weight is 227 g/mol. The van der Waals surface area contributed by atoms with Gasteiger partial charge in [-0.05, 0) is 24.6 Å². The summed E-state index contributed by atoms with van der Waals surface area (Å²) in [6, 6.07) is 3.90. The first-order valence-corrected chi connectivity index (χ1v) is 5.93. The Kier molecular flexibility index (Phi) is 5.83. The van der Waals surface area contributed by atoms with Crippen LogP contribution < -0.4 is 5.32 Å². The van der Waals surface area contributed by atoms with Gasteiger partial charge in [0.1, 0.15) is 0 Å². The van der Waals surface area contributed by atoms with Gasteiger partial charge in [-0.2, -0.15) is 0 Å². The van der Waals surface area contributed by atoms with Gasteiger partial charge in [0.05, 0.1) is 0 Å². The summed E-state index contributed by atoms with van der Waals surface area (Å²) in [5.41, 5.74) is 0.648. The molecule has 1 aromatic carbocycles.